The number of likely N-dealkylation sites (N-methyl/N-ethyl adjacent to an activating group) is 1. The van der Waals surface area contributed by atoms with Gasteiger partial charge in [-0.05, 0) is 37.3 Å². The number of aliphatic hydroxyl groups is 1. The molecule has 0 bridgehead atoms. The number of para-hydroxylation sites is 1. The van der Waals surface area contributed by atoms with Gasteiger partial charge >= 0.3 is 6.09 Å². The topological polar surface area (TPSA) is 84.3 Å². The van der Waals surface area contributed by atoms with Gasteiger partial charge in [0.2, 0.25) is 5.91 Å². The number of anilines is 1. The first kappa shape index (κ1) is 26.7. The van der Waals surface area contributed by atoms with Crippen LogP contribution in [0.4, 0.5) is 10.5 Å². The zero-order chi connectivity index (χ0) is 25.0. The van der Waals surface area contributed by atoms with Crippen LogP contribution in [-0.2, 0) is 4.79 Å². The largest absolute Gasteiger partial charge is 0.465 e. The molecule has 1 fully saturated rings. The maximum absolute atomic E-state index is 12.4. The quantitative estimate of drug-likeness (QED) is 0.429. The number of amides is 2. The van der Waals surface area contributed by atoms with Crippen molar-refractivity contribution in [1.82, 2.24) is 9.80 Å². The minimum absolute atomic E-state index is 0.0769. The molecule has 0 saturated carbocycles. The number of carboxylic acid groups (broad SMARTS) is 1. The molecule has 0 spiro atoms. The maximum atomic E-state index is 12.4. The molecular formula is C28H39N3O4. The standard InChI is InChI=1S/C28H39N3O4/c1-29(27(33)15-7-2-3-10-22-32)20-21-30-18-16-24(17-19-30)31(28(34)35)26-14-9-8-13-25(26)23-11-5-4-6-12-23/h4-6,8-9,11-14,24,32H,2-3,7,10,15-22H2,1H3,(H,34,35). The number of carbonyl (C=O) groups excluding carboxylic acids is 1. The fourth-order valence-electron chi connectivity index (χ4n) is 4.75. The molecular weight excluding hydrogens is 442 g/mol. The van der Waals surface area contributed by atoms with Gasteiger partial charge in [0.25, 0.3) is 0 Å². The van der Waals surface area contributed by atoms with E-state index < -0.39 is 6.09 Å². The van der Waals surface area contributed by atoms with Gasteiger partial charge < -0.3 is 20.0 Å². The zero-order valence-electron chi connectivity index (χ0n) is 20.8. The van der Waals surface area contributed by atoms with E-state index in [2.05, 4.69) is 4.90 Å². The van der Waals surface area contributed by atoms with E-state index in [1.165, 1.54) is 0 Å². The van der Waals surface area contributed by atoms with Crippen LogP contribution in [0, 0.1) is 0 Å². The van der Waals surface area contributed by atoms with Gasteiger partial charge in [-0.15, -0.1) is 0 Å². The van der Waals surface area contributed by atoms with Gasteiger partial charge in [-0.3, -0.25) is 9.69 Å². The molecule has 0 atom stereocenters. The third kappa shape index (κ3) is 7.80. The highest BCUT2D eigenvalue weighted by atomic mass is 16.4. The number of rotatable bonds is 12. The second kappa shape index (κ2) is 13.9. The second-order valence-electron chi connectivity index (χ2n) is 9.31. The van der Waals surface area contributed by atoms with Gasteiger partial charge in [0.15, 0.2) is 0 Å². The molecule has 2 N–H and O–H groups in total. The molecule has 0 unspecified atom stereocenters. The lowest BCUT2D eigenvalue weighted by Crippen LogP contribution is -2.48. The summed E-state index contributed by atoms with van der Waals surface area (Å²) in [6, 6.07) is 17.6. The molecule has 1 aliphatic rings. The summed E-state index contributed by atoms with van der Waals surface area (Å²) in [4.78, 5) is 30.4. The Balaban J connectivity index is 1.52. The molecule has 1 heterocycles. The van der Waals surface area contributed by atoms with Crippen LogP contribution in [0.5, 0.6) is 0 Å². The number of piperidine rings is 1. The molecule has 1 saturated heterocycles. The zero-order valence-corrected chi connectivity index (χ0v) is 20.8. The molecule has 2 amide bonds. The van der Waals surface area contributed by atoms with Crippen LogP contribution in [-0.4, -0.2) is 77.9 Å². The van der Waals surface area contributed by atoms with Gasteiger partial charge in [0, 0.05) is 57.9 Å². The number of hydrogen-bond donors (Lipinski definition) is 2. The fourth-order valence-corrected chi connectivity index (χ4v) is 4.75. The Kier molecular flexibility index (Phi) is 10.6. The Bertz CT molecular complexity index is 929. The van der Waals surface area contributed by atoms with Crippen LogP contribution >= 0.6 is 0 Å². The van der Waals surface area contributed by atoms with Crippen LogP contribution in [0.25, 0.3) is 11.1 Å². The van der Waals surface area contributed by atoms with Crippen molar-refractivity contribution in [2.45, 2.75) is 51.0 Å². The lowest BCUT2D eigenvalue weighted by Gasteiger charge is -2.38. The molecule has 1 aliphatic heterocycles. The predicted octanol–water partition coefficient (Wildman–Crippen LogP) is 4.70. The molecule has 35 heavy (non-hydrogen) atoms. The summed E-state index contributed by atoms with van der Waals surface area (Å²) in [5.74, 6) is 0.165. The molecule has 7 heteroatoms. The van der Waals surface area contributed by atoms with Crippen LogP contribution in [0.2, 0.25) is 0 Å². The average Bonchev–Trinajstić information content (AvgIpc) is 2.88. The lowest BCUT2D eigenvalue weighted by molar-refractivity contribution is -0.130. The number of hydrogen-bond acceptors (Lipinski definition) is 4. The number of carbonyl (C=O) groups is 2. The molecule has 0 aliphatic carbocycles. The van der Waals surface area contributed by atoms with Crippen LogP contribution in [0.1, 0.15) is 44.9 Å². The molecule has 7 nitrogen and oxygen atoms in total. The summed E-state index contributed by atoms with van der Waals surface area (Å²) < 4.78 is 0. The van der Waals surface area contributed by atoms with E-state index in [-0.39, 0.29) is 18.6 Å². The second-order valence-corrected chi connectivity index (χ2v) is 9.31. The molecule has 2 aromatic rings. The first-order valence-electron chi connectivity index (χ1n) is 12.7. The first-order valence-corrected chi connectivity index (χ1v) is 12.7. The van der Waals surface area contributed by atoms with E-state index in [1.807, 2.05) is 61.6 Å². The number of benzene rings is 2. The minimum atomic E-state index is -0.920. The Morgan fingerprint density at radius 2 is 1.60 bits per heavy atom. The van der Waals surface area contributed by atoms with Crippen molar-refractivity contribution in [2.24, 2.45) is 0 Å². The van der Waals surface area contributed by atoms with Crippen molar-refractivity contribution in [3.05, 3.63) is 54.6 Å². The normalized spacial score (nSPS) is 14.6. The van der Waals surface area contributed by atoms with Crippen LogP contribution < -0.4 is 4.90 Å². The van der Waals surface area contributed by atoms with Gasteiger partial charge in [-0.2, -0.15) is 0 Å². The maximum Gasteiger partial charge on any atom is 0.412 e. The Morgan fingerprint density at radius 1 is 0.943 bits per heavy atom. The van der Waals surface area contributed by atoms with Gasteiger partial charge in [0.1, 0.15) is 0 Å². The van der Waals surface area contributed by atoms with E-state index >= 15 is 0 Å². The smallest absolute Gasteiger partial charge is 0.412 e. The van der Waals surface area contributed by atoms with E-state index in [0.717, 1.165) is 75.0 Å². The number of likely N-dealkylation sites (tertiary alicyclic amines) is 1. The SMILES string of the molecule is CN(CCN1CCC(N(C(=O)O)c2ccccc2-c2ccccc2)CC1)C(=O)CCCCCCO. The molecule has 2 aromatic carbocycles. The molecule has 3 rings (SSSR count). The Labute approximate surface area is 209 Å². The first-order chi connectivity index (χ1) is 17.0. The summed E-state index contributed by atoms with van der Waals surface area (Å²) in [6.07, 6.45) is 4.76. The molecule has 190 valence electrons. The van der Waals surface area contributed by atoms with Crippen molar-refractivity contribution in [3.63, 3.8) is 0 Å². The third-order valence-electron chi connectivity index (χ3n) is 6.85. The highest BCUT2D eigenvalue weighted by molar-refractivity contribution is 5.93. The monoisotopic (exact) mass is 481 g/mol. The summed E-state index contributed by atoms with van der Waals surface area (Å²) in [5.41, 5.74) is 2.66. The highest BCUT2D eigenvalue weighted by Gasteiger charge is 2.30. The lowest BCUT2D eigenvalue weighted by atomic mass is 9.98. The van der Waals surface area contributed by atoms with Crippen molar-refractivity contribution < 1.29 is 19.8 Å². The average molecular weight is 482 g/mol. The number of unbranched alkanes of at least 4 members (excludes halogenated alkanes) is 3. The van der Waals surface area contributed by atoms with Crippen molar-refractivity contribution in [2.75, 3.05) is 44.7 Å². The Morgan fingerprint density at radius 3 is 2.29 bits per heavy atom. The predicted molar refractivity (Wildman–Crippen MR) is 140 cm³/mol. The highest BCUT2D eigenvalue weighted by Crippen LogP contribution is 2.34. The number of aliphatic hydroxyl groups excluding tert-OH is 1. The van der Waals surface area contributed by atoms with E-state index in [9.17, 15) is 14.7 Å². The van der Waals surface area contributed by atoms with Gasteiger partial charge in [-0.1, -0.05) is 61.4 Å². The van der Waals surface area contributed by atoms with Gasteiger partial charge in [-0.25, -0.2) is 4.79 Å². The summed E-state index contributed by atoms with van der Waals surface area (Å²) >= 11 is 0. The van der Waals surface area contributed by atoms with Crippen molar-refractivity contribution >= 4 is 17.7 Å². The fraction of sp³-hybridized carbons (Fsp3) is 0.500. The third-order valence-corrected chi connectivity index (χ3v) is 6.85. The van der Waals surface area contributed by atoms with E-state index in [4.69, 9.17) is 5.11 Å². The van der Waals surface area contributed by atoms with Crippen LogP contribution in [0.3, 0.4) is 0 Å². The van der Waals surface area contributed by atoms with Crippen molar-refractivity contribution in [1.29, 1.82) is 0 Å². The van der Waals surface area contributed by atoms with E-state index in [0.29, 0.717) is 13.0 Å². The van der Waals surface area contributed by atoms with Gasteiger partial charge in [0.05, 0.1) is 5.69 Å². The van der Waals surface area contributed by atoms with Crippen molar-refractivity contribution in [3.8, 4) is 11.1 Å². The number of nitrogens with zero attached hydrogens (tertiary/aromatic N) is 3. The summed E-state index contributed by atoms with van der Waals surface area (Å²) in [7, 11) is 1.86. The molecule has 0 aromatic heterocycles. The van der Waals surface area contributed by atoms with Crippen LogP contribution in [0.15, 0.2) is 54.6 Å². The summed E-state index contributed by atoms with van der Waals surface area (Å²) in [6.45, 7) is 3.32. The van der Waals surface area contributed by atoms with E-state index in [1.54, 1.807) is 9.80 Å². The Hall–Kier alpha value is -2.90. The summed E-state index contributed by atoms with van der Waals surface area (Å²) in [5, 5.41) is 19.0. The minimum Gasteiger partial charge on any atom is -0.465 e. The molecule has 0 radical (unpaired) electrons.